The molecule has 7 heteroatoms. The van der Waals surface area contributed by atoms with Crippen molar-refractivity contribution in [3.63, 3.8) is 0 Å². The zero-order valence-corrected chi connectivity index (χ0v) is 10.7. The van der Waals surface area contributed by atoms with Crippen LogP contribution in [0.3, 0.4) is 0 Å². The lowest BCUT2D eigenvalue weighted by atomic mass is 10.3. The molecule has 3 aromatic heterocycles. The van der Waals surface area contributed by atoms with Crippen LogP contribution >= 0.6 is 0 Å². The molecule has 7 nitrogen and oxygen atoms in total. The zero-order valence-electron chi connectivity index (χ0n) is 10.7. The van der Waals surface area contributed by atoms with Gasteiger partial charge in [-0.2, -0.15) is 0 Å². The van der Waals surface area contributed by atoms with E-state index in [1.165, 1.54) is 0 Å². The third-order valence-electron chi connectivity index (χ3n) is 2.80. The number of aryl methyl sites for hydroxylation is 2. The minimum atomic E-state index is 0.411. The van der Waals surface area contributed by atoms with Crippen molar-refractivity contribution in [3.8, 4) is 11.4 Å². The summed E-state index contributed by atoms with van der Waals surface area (Å²) in [6, 6.07) is 0. The fraction of sp³-hybridized carbons (Fsp3) is 0.250. The number of anilines is 1. The molecule has 0 amide bonds. The van der Waals surface area contributed by atoms with Gasteiger partial charge in [0.25, 0.3) is 0 Å². The van der Waals surface area contributed by atoms with Crippen molar-refractivity contribution >= 4 is 17.0 Å². The fourth-order valence-corrected chi connectivity index (χ4v) is 1.78. The molecule has 0 aliphatic heterocycles. The Morgan fingerprint density at radius 3 is 2.58 bits per heavy atom. The molecule has 19 heavy (non-hydrogen) atoms. The first-order valence-electron chi connectivity index (χ1n) is 5.98. The quantitative estimate of drug-likeness (QED) is 0.714. The van der Waals surface area contributed by atoms with E-state index in [1.807, 2.05) is 13.8 Å². The van der Waals surface area contributed by atoms with Gasteiger partial charge in [-0.3, -0.25) is 0 Å². The normalized spacial score (nSPS) is 11.1. The first-order valence-corrected chi connectivity index (χ1v) is 5.98. The van der Waals surface area contributed by atoms with Gasteiger partial charge in [-0.25, -0.2) is 24.9 Å². The fourth-order valence-electron chi connectivity index (χ4n) is 1.78. The van der Waals surface area contributed by atoms with Crippen molar-refractivity contribution < 1.29 is 0 Å². The van der Waals surface area contributed by atoms with Crippen LogP contribution in [-0.2, 0) is 6.42 Å². The number of fused-ring (bicyclic) bond motifs is 1. The highest BCUT2D eigenvalue weighted by Crippen LogP contribution is 2.21. The van der Waals surface area contributed by atoms with Crippen molar-refractivity contribution in [1.82, 2.24) is 29.9 Å². The van der Waals surface area contributed by atoms with Crippen molar-refractivity contribution in [3.05, 3.63) is 24.0 Å². The molecule has 0 unspecified atom stereocenters. The van der Waals surface area contributed by atoms with Gasteiger partial charge >= 0.3 is 0 Å². The van der Waals surface area contributed by atoms with Crippen LogP contribution in [0.1, 0.15) is 18.6 Å². The van der Waals surface area contributed by atoms with Crippen LogP contribution in [0.2, 0.25) is 0 Å². The average molecular weight is 255 g/mol. The number of nitrogens with one attached hydrogen (secondary N) is 1. The largest absolute Gasteiger partial charge is 0.382 e. The third kappa shape index (κ3) is 1.99. The minimum absolute atomic E-state index is 0.411. The summed E-state index contributed by atoms with van der Waals surface area (Å²) in [6.07, 6.45) is 4.14. The number of hydrogen-bond acceptors (Lipinski definition) is 6. The maximum atomic E-state index is 5.89. The second-order valence-electron chi connectivity index (χ2n) is 4.18. The van der Waals surface area contributed by atoms with Gasteiger partial charge in [0.15, 0.2) is 11.5 Å². The van der Waals surface area contributed by atoms with Gasteiger partial charge in [0.1, 0.15) is 23.0 Å². The maximum Gasteiger partial charge on any atom is 0.183 e. The number of hydrogen-bond donors (Lipinski definition) is 2. The van der Waals surface area contributed by atoms with Crippen LogP contribution in [0.25, 0.3) is 22.6 Å². The summed E-state index contributed by atoms with van der Waals surface area (Å²) < 4.78 is 0. The Labute approximate surface area is 109 Å². The molecule has 0 radical (unpaired) electrons. The molecule has 3 heterocycles. The Morgan fingerprint density at radius 1 is 1.16 bits per heavy atom. The Kier molecular flexibility index (Phi) is 2.59. The van der Waals surface area contributed by atoms with E-state index in [2.05, 4.69) is 29.9 Å². The Hall–Kier alpha value is -2.57. The predicted molar refractivity (Wildman–Crippen MR) is 71.2 cm³/mol. The third-order valence-corrected chi connectivity index (χ3v) is 2.80. The number of aromatic amines is 1. The second-order valence-corrected chi connectivity index (χ2v) is 4.18. The highest BCUT2D eigenvalue weighted by Gasteiger charge is 2.11. The van der Waals surface area contributed by atoms with E-state index >= 15 is 0 Å². The number of nitrogens with zero attached hydrogens (tertiary/aromatic N) is 5. The molecule has 3 aromatic rings. The molecule has 0 aliphatic rings. The van der Waals surface area contributed by atoms with E-state index in [-0.39, 0.29) is 0 Å². The molecule has 0 spiro atoms. The number of rotatable bonds is 2. The van der Waals surface area contributed by atoms with Crippen LogP contribution < -0.4 is 5.73 Å². The number of nitrogens with two attached hydrogens (primary N) is 1. The molecule has 0 atom stereocenters. The van der Waals surface area contributed by atoms with Gasteiger partial charge in [-0.05, 0) is 6.92 Å². The van der Waals surface area contributed by atoms with Crippen molar-refractivity contribution in [2.45, 2.75) is 20.3 Å². The van der Waals surface area contributed by atoms with Crippen LogP contribution in [0.5, 0.6) is 0 Å². The number of H-pyrrole nitrogens is 1. The lowest BCUT2D eigenvalue weighted by Crippen LogP contribution is -1.99. The average Bonchev–Trinajstić information content (AvgIpc) is 2.84. The molecule has 0 aromatic carbocycles. The molecule has 0 fully saturated rings. The lowest BCUT2D eigenvalue weighted by molar-refractivity contribution is 0.960. The summed E-state index contributed by atoms with van der Waals surface area (Å²) in [6.45, 7) is 3.81. The smallest absolute Gasteiger partial charge is 0.183 e. The van der Waals surface area contributed by atoms with E-state index in [9.17, 15) is 0 Å². The van der Waals surface area contributed by atoms with Crippen LogP contribution in [0.15, 0.2) is 12.4 Å². The Bertz CT molecular complexity index is 730. The molecule has 96 valence electrons. The summed E-state index contributed by atoms with van der Waals surface area (Å²) in [5.41, 5.74) is 7.90. The Balaban J connectivity index is 2.16. The first kappa shape index (κ1) is 11.5. The summed E-state index contributed by atoms with van der Waals surface area (Å²) in [7, 11) is 0. The maximum absolute atomic E-state index is 5.89. The van der Waals surface area contributed by atoms with Gasteiger partial charge < -0.3 is 10.7 Å². The number of nitrogen functional groups attached to an aromatic ring is 1. The summed E-state index contributed by atoms with van der Waals surface area (Å²) >= 11 is 0. The SMILES string of the molecule is CCc1nc(N)c2[nH]c(-c3cnc(C)nc3)nc2n1. The van der Waals surface area contributed by atoms with E-state index < -0.39 is 0 Å². The van der Waals surface area contributed by atoms with E-state index in [0.29, 0.717) is 34.5 Å². The standard InChI is InChI=1S/C12H13N7/c1-3-8-16-10(13)9-12(17-8)19-11(18-9)7-4-14-6(2)15-5-7/h4-5H,3H2,1-2H3,(H3,13,16,17,18,19). The van der Waals surface area contributed by atoms with Crippen LogP contribution in [0.4, 0.5) is 5.82 Å². The number of aromatic nitrogens is 6. The molecule has 0 saturated carbocycles. The predicted octanol–water partition coefficient (Wildman–Crippen LogP) is 1.26. The summed E-state index contributed by atoms with van der Waals surface area (Å²) in [5, 5.41) is 0. The monoisotopic (exact) mass is 255 g/mol. The number of imidazole rings is 1. The minimum Gasteiger partial charge on any atom is -0.382 e. The highest BCUT2D eigenvalue weighted by molar-refractivity contribution is 5.84. The van der Waals surface area contributed by atoms with Gasteiger partial charge in [0.05, 0.1) is 5.56 Å². The lowest BCUT2D eigenvalue weighted by Gasteiger charge is -1.97. The molecule has 3 N–H and O–H groups in total. The molecular formula is C12H13N7. The van der Waals surface area contributed by atoms with Gasteiger partial charge in [-0.1, -0.05) is 6.92 Å². The van der Waals surface area contributed by atoms with Crippen LogP contribution in [0, 0.1) is 6.92 Å². The molecule has 0 bridgehead atoms. The van der Waals surface area contributed by atoms with Gasteiger partial charge in [0, 0.05) is 18.8 Å². The molecule has 3 rings (SSSR count). The molecular weight excluding hydrogens is 242 g/mol. The van der Waals surface area contributed by atoms with Crippen molar-refractivity contribution in [1.29, 1.82) is 0 Å². The molecule has 0 saturated heterocycles. The topological polar surface area (TPSA) is 106 Å². The van der Waals surface area contributed by atoms with E-state index in [4.69, 9.17) is 5.73 Å². The van der Waals surface area contributed by atoms with Gasteiger partial charge in [-0.15, -0.1) is 0 Å². The highest BCUT2D eigenvalue weighted by atomic mass is 15.1. The summed E-state index contributed by atoms with van der Waals surface area (Å²) in [5.74, 6) is 2.45. The zero-order chi connectivity index (χ0) is 13.4. The first-order chi connectivity index (χ1) is 9.17. The van der Waals surface area contributed by atoms with Crippen molar-refractivity contribution in [2.24, 2.45) is 0 Å². The van der Waals surface area contributed by atoms with E-state index in [0.717, 1.165) is 12.0 Å². The summed E-state index contributed by atoms with van der Waals surface area (Å²) in [4.78, 5) is 24.4. The van der Waals surface area contributed by atoms with Crippen molar-refractivity contribution in [2.75, 3.05) is 5.73 Å². The van der Waals surface area contributed by atoms with Gasteiger partial charge in [0.2, 0.25) is 0 Å². The molecule has 0 aliphatic carbocycles. The Morgan fingerprint density at radius 2 is 1.89 bits per heavy atom. The second kappa shape index (κ2) is 4.27. The van der Waals surface area contributed by atoms with Crippen LogP contribution in [-0.4, -0.2) is 29.9 Å². The van der Waals surface area contributed by atoms with E-state index in [1.54, 1.807) is 12.4 Å².